The molecule has 0 radical (unpaired) electrons. The van der Waals surface area contributed by atoms with Crippen LogP contribution < -0.4 is 10.2 Å². The standard InChI is InChI=1S/C18H23BrN4O/c19-15-13-17(21-14-15)18(24)20-7-4-8-22-9-11-23(12-10-22)16-5-2-1-3-6-16/h1-3,5-6,13-14,21H,4,7-12H2,(H,20,24). The summed E-state index contributed by atoms with van der Waals surface area (Å²) in [6.07, 6.45) is 2.74. The van der Waals surface area contributed by atoms with Gasteiger partial charge >= 0.3 is 0 Å². The highest BCUT2D eigenvalue weighted by Gasteiger charge is 2.16. The van der Waals surface area contributed by atoms with Gasteiger partial charge in [0.25, 0.3) is 5.91 Å². The molecular formula is C18H23BrN4O. The molecule has 0 aliphatic carbocycles. The van der Waals surface area contributed by atoms with Gasteiger partial charge in [0.15, 0.2) is 0 Å². The normalized spacial score (nSPS) is 15.5. The molecule has 2 aromatic rings. The van der Waals surface area contributed by atoms with Crippen LogP contribution in [0.5, 0.6) is 0 Å². The number of nitrogens with zero attached hydrogens (tertiary/aromatic N) is 2. The maximum absolute atomic E-state index is 11.9. The number of hydrogen-bond acceptors (Lipinski definition) is 3. The fourth-order valence-electron chi connectivity index (χ4n) is 2.97. The first-order chi connectivity index (χ1) is 11.7. The molecule has 24 heavy (non-hydrogen) atoms. The van der Waals surface area contributed by atoms with Gasteiger partial charge < -0.3 is 15.2 Å². The third-order valence-corrected chi connectivity index (χ3v) is 4.78. The van der Waals surface area contributed by atoms with Crippen LogP contribution in [0.2, 0.25) is 0 Å². The molecule has 0 atom stereocenters. The van der Waals surface area contributed by atoms with E-state index in [1.807, 2.05) is 0 Å². The molecule has 1 aliphatic heterocycles. The average molecular weight is 391 g/mol. The van der Waals surface area contributed by atoms with E-state index in [0.717, 1.165) is 43.6 Å². The molecule has 128 valence electrons. The third kappa shape index (κ3) is 4.61. The number of hydrogen-bond donors (Lipinski definition) is 2. The minimum absolute atomic E-state index is 0.0467. The number of H-pyrrole nitrogens is 1. The van der Waals surface area contributed by atoms with E-state index in [9.17, 15) is 4.79 Å². The first-order valence-electron chi connectivity index (χ1n) is 8.37. The third-order valence-electron chi connectivity index (χ3n) is 4.32. The molecule has 1 fully saturated rings. The number of aromatic amines is 1. The van der Waals surface area contributed by atoms with Crippen molar-refractivity contribution in [2.24, 2.45) is 0 Å². The first kappa shape index (κ1) is 17.0. The molecule has 1 saturated heterocycles. The van der Waals surface area contributed by atoms with Crippen molar-refractivity contribution in [3.8, 4) is 0 Å². The molecular weight excluding hydrogens is 368 g/mol. The maximum atomic E-state index is 11.9. The van der Waals surface area contributed by atoms with Gasteiger partial charge in [-0.2, -0.15) is 0 Å². The predicted molar refractivity (Wildman–Crippen MR) is 101 cm³/mol. The van der Waals surface area contributed by atoms with Gasteiger partial charge in [-0.05, 0) is 47.1 Å². The van der Waals surface area contributed by atoms with Crippen molar-refractivity contribution in [1.82, 2.24) is 15.2 Å². The van der Waals surface area contributed by atoms with Crippen LogP contribution in [0.15, 0.2) is 47.1 Å². The van der Waals surface area contributed by atoms with Crippen LogP contribution >= 0.6 is 15.9 Å². The Morgan fingerprint density at radius 1 is 1.17 bits per heavy atom. The van der Waals surface area contributed by atoms with Crippen molar-refractivity contribution >= 4 is 27.5 Å². The van der Waals surface area contributed by atoms with Gasteiger partial charge in [-0.3, -0.25) is 9.69 Å². The van der Waals surface area contributed by atoms with E-state index < -0.39 is 0 Å². The quantitative estimate of drug-likeness (QED) is 0.745. The monoisotopic (exact) mass is 390 g/mol. The summed E-state index contributed by atoms with van der Waals surface area (Å²) in [4.78, 5) is 19.8. The Bertz CT molecular complexity index is 650. The molecule has 0 unspecified atom stereocenters. The summed E-state index contributed by atoms with van der Waals surface area (Å²) < 4.78 is 0.893. The molecule has 1 aliphatic rings. The zero-order valence-electron chi connectivity index (χ0n) is 13.7. The van der Waals surface area contributed by atoms with Crippen molar-refractivity contribution in [2.45, 2.75) is 6.42 Å². The van der Waals surface area contributed by atoms with E-state index >= 15 is 0 Å². The number of carbonyl (C=O) groups is 1. The van der Waals surface area contributed by atoms with Crippen molar-refractivity contribution in [2.75, 3.05) is 44.2 Å². The van der Waals surface area contributed by atoms with Crippen LogP contribution in [0.4, 0.5) is 5.69 Å². The van der Waals surface area contributed by atoms with Gasteiger partial charge in [-0.15, -0.1) is 0 Å². The van der Waals surface area contributed by atoms with Gasteiger partial charge in [-0.1, -0.05) is 18.2 Å². The second-order valence-electron chi connectivity index (χ2n) is 6.01. The smallest absolute Gasteiger partial charge is 0.267 e. The number of carbonyl (C=O) groups excluding carboxylic acids is 1. The summed E-state index contributed by atoms with van der Waals surface area (Å²) in [5.41, 5.74) is 1.90. The van der Waals surface area contributed by atoms with Gasteiger partial charge in [-0.25, -0.2) is 0 Å². The lowest BCUT2D eigenvalue weighted by Crippen LogP contribution is -2.47. The minimum atomic E-state index is -0.0467. The largest absolute Gasteiger partial charge is 0.369 e. The highest BCUT2D eigenvalue weighted by Crippen LogP contribution is 2.15. The number of benzene rings is 1. The predicted octanol–water partition coefficient (Wildman–Crippen LogP) is 2.72. The average Bonchev–Trinajstić information content (AvgIpc) is 3.06. The van der Waals surface area contributed by atoms with Crippen molar-refractivity contribution in [3.05, 3.63) is 52.8 Å². The van der Waals surface area contributed by atoms with Crippen LogP contribution in [-0.2, 0) is 0 Å². The number of aromatic nitrogens is 1. The van der Waals surface area contributed by atoms with Gasteiger partial charge in [0, 0.05) is 49.1 Å². The molecule has 1 aromatic carbocycles. The number of amides is 1. The number of nitrogens with one attached hydrogen (secondary N) is 2. The Morgan fingerprint density at radius 3 is 2.58 bits per heavy atom. The van der Waals surface area contributed by atoms with Crippen LogP contribution in [0.3, 0.4) is 0 Å². The molecule has 6 heteroatoms. The van der Waals surface area contributed by atoms with Crippen LogP contribution in [0, 0.1) is 0 Å². The van der Waals surface area contributed by atoms with E-state index in [1.165, 1.54) is 5.69 Å². The Balaban J connectivity index is 1.33. The van der Waals surface area contributed by atoms with Gasteiger partial charge in [0.1, 0.15) is 5.69 Å². The number of para-hydroxylation sites is 1. The number of piperazine rings is 1. The molecule has 2 N–H and O–H groups in total. The summed E-state index contributed by atoms with van der Waals surface area (Å²) in [6.45, 7) is 6.00. The van der Waals surface area contributed by atoms with Crippen molar-refractivity contribution in [1.29, 1.82) is 0 Å². The Hall–Kier alpha value is -1.79. The highest BCUT2D eigenvalue weighted by atomic mass is 79.9. The number of anilines is 1. The molecule has 1 aromatic heterocycles. The fourth-order valence-corrected chi connectivity index (χ4v) is 3.31. The summed E-state index contributed by atoms with van der Waals surface area (Å²) in [6, 6.07) is 12.4. The lowest BCUT2D eigenvalue weighted by atomic mass is 10.2. The lowest BCUT2D eigenvalue weighted by Gasteiger charge is -2.36. The number of rotatable bonds is 6. The zero-order valence-corrected chi connectivity index (χ0v) is 15.3. The van der Waals surface area contributed by atoms with Crippen molar-refractivity contribution in [3.63, 3.8) is 0 Å². The lowest BCUT2D eigenvalue weighted by molar-refractivity contribution is 0.0947. The maximum Gasteiger partial charge on any atom is 0.267 e. The highest BCUT2D eigenvalue weighted by molar-refractivity contribution is 9.10. The minimum Gasteiger partial charge on any atom is -0.369 e. The summed E-state index contributed by atoms with van der Waals surface area (Å²) in [5, 5.41) is 2.96. The Kier molecular flexibility index (Phi) is 5.93. The summed E-state index contributed by atoms with van der Waals surface area (Å²) in [7, 11) is 0. The molecule has 5 nitrogen and oxygen atoms in total. The molecule has 0 bridgehead atoms. The molecule has 0 saturated carbocycles. The van der Waals surface area contributed by atoms with E-state index in [1.54, 1.807) is 12.3 Å². The fraction of sp³-hybridized carbons (Fsp3) is 0.389. The molecule has 2 heterocycles. The van der Waals surface area contributed by atoms with Crippen LogP contribution in [-0.4, -0.2) is 55.1 Å². The molecule has 1 amide bonds. The van der Waals surface area contributed by atoms with Crippen LogP contribution in [0.25, 0.3) is 0 Å². The van der Waals surface area contributed by atoms with Gasteiger partial charge in [0.2, 0.25) is 0 Å². The second-order valence-corrected chi connectivity index (χ2v) is 6.92. The van der Waals surface area contributed by atoms with E-state index in [2.05, 4.69) is 66.4 Å². The number of halogens is 1. The Morgan fingerprint density at radius 2 is 1.92 bits per heavy atom. The van der Waals surface area contributed by atoms with Gasteiger partial charge in [0.05, 0.1) is 0 Å². The topological polar surface area (TPSA) is 51.4 Å². The zero-order chi connectivity index (χ0) is 16.8. The second kappa shape index (κ2) is 8.35. The first-order valence-corrected chi connectivity index (χ1v) is 9.16. The summed E-state index contributed by atoms with van der Waals surface area (Å²) >= 11 is 3.33. The SMILES string of the molecule is O=C(NCCCN1CCN(c2ccccc2)CC1)c1cc(Br)c[nH]1. The van der Waals surface area contributed by atoms with Crippen LogP contribution in [0.1, 0.15) is 16.9 Å². The van der Waals surface area contributed by atoms with Crippen molar-refractivity contribution < 1.29 is 4.79 Å². The van der Waals surface area contributed by atoms with E-state index in [-0.39, 0.29) is 5.91 Å². The van der Waals surface area contributed by atoms with E-state index in [4.69, 9.17) is 0 Å². The summed E-state index contributed by atoms with van der Waals surface area (Å²) in [5.74, 6) is -0.0467. The molecule has 0 spiro atoms. The molecule has 3 rings (SSSR count). The Labute approximate surface area is 151 Å². The van der Waals surface area contributed by atoms with E-state index in [0.29, 0.717) is 12.2 Å².